The average molecular weight is 286 g/mol. The van der Waals surface area contributed by atoms with Crippen LogP contribution in [-0.4, -0.2) is 63.4 Å². The first-order chi connectivity index (χ1) is 9.38. The summed E-state index contributed by atoms with van der Waals surface area (Å²) in [4.78, 5) is 34.9. The van der Waals surface area contributed by atoms with Crippen LogP contribution in [0.1, 0.15) is 19.3 Å². The fraction of sp³-hybridized carbons (Fsp3) is 0.750. The Balaban J connectivity index is 1.91. The molecular weight excluding hydrogens is 268 g/mol. The summed E-state index contributed by atoms with van der Waals surface area (Å²) in [5.74, 6) is -2.37. The quantitative estimate of drug-likeness (QED) is 0.542. The highest BCUT2D eigenvalue weighted by molar-refractivity contribution is 5.86. The monoisotopic (exact) mass is 286 g/mol. The smallest absolute Gasteiger partial charge is 0.326 e. The Morgan fingerprint density at radius 2 is 1.90 bits per heavy atom. The van der Waals surface area contributed by atoms with Crippen LogP contribution in [0.25, 0.3) is 0 Å². The van der Waals surface area contributed by atoms with E-state index in [-0.39, 0.29) is 11.8 Å². The number of fused-ring (bicyclic) bond motifs is 1. The normalized spacial score (nSPS) is 29.9. The van der Waals surface area contributed by atoms with Gasteiger partial charge in [0, 0.05) is 19.0 Å². The molecule has 4 atom stereocenters. The number of aliphatic carboxylic acids is 2. The van der Waals surface area contributed by atoms with E-state index in [9.17, 15) is 19.5 Å². The van der Waals surface area contributed by atoms with Crippen LogP contribution >= 0.6 is 0 Å². The van der Waals surface area contributed by atoms with Gasteiger partial charge in [-0.2, -0.15) is 0 Å². The molecule has 4 N–H and O–H groups in total. The molecule has 1 saturated carbocycles. The Labute approximate surface area is 115 Å². The maximum atomic E-state index is 12.0. The number of rotatable bonds is 4. The third-order valence-electron chi connectivity index (χ3n) is 4.08. The lowest BCUT2D eigenvalue weighted by Crippen LogP contribution is -2.48. The molecule has 2 fully saturated rings. The van der Waals surface area contributed by atoms with Crippen molar-refractivity contribution in [3.63, 3.8) is 0 Å². The molecule has 3 unspecified atom stereocenters. The van der Waals surface area contributed by atoms with E-state index in [0.29, 0.717) is 13.1 Å². The summed E-state index contributed by atoms with van der Waals surface area (Å²) in [6, 6.07) is -2.02. The van der Waals surface area contributed by atoms with E-state index in [0.717, 1.165) is 12.8 Å². The van der Waals surface area contributed by atoms with Gasteiger partial charge in [-0.3, -0.25) is 4.79 Å². The van der Waals surface area contributed by atoms with Gasteiger partial charge in [-0.1, -0.05) is 0 Å². The summed E-state index contributed by atoms with van der Waals surface area (Å²) in [5, 5.41) is 29.5. The Hall–Kier alpha value is -1.83. The van der Waals surface area contributed by atoms with Crippen molar-refractivity contribution in [2.45, 2.75) is 31.4 Å². The minimum atomic E-state index is -1.44. The van der Waals surface area contributed by atoms with Gasteiger partial charge in [-0.25, -0.2) is 9.59 Å². The van der Waals surface area contributed by atoms with Crippen LogP contribution < -0.4 is 5.32 Å². The zero-order chi connectivity index (χ0) is 14.9. The topological polar surface area (TPSA) is 127 Å². The summed E-state index contributed by atoms with van der Waals surface area (Å²) in [5.41, 5.74) is 0. The van der Waals surface area contributed by atoms with Gasteiger partial charge < -0.3 is 25.5 Å². The van der Waals surface area contributed by atoms with Crippen molar-refractivity contribution in [2.75, 3.05) is 13.1 Å². The second kappa shape index (κ2) is 5.66. The molecule has 8 heteroatoms. The highest BCUT2D eigenvalue weighted by Crippen LogP contribution is 2.37. The van der Waals surface area contributed by atoms with Gasteiger partial charge in [0.25, 0.3) is 0 Å². The number of aliphatic hydroxyl groups excluding tert-OH is 1. The van der Waals surface area contributed by atoms with E-state index >= 15 is 0 Å². The first-order valence-electron chi connectivity index (χ1n) is 6.56. The summed E-state index contributed by atoms with van der Waals surface area (Å²) < 4.78 is 0. The van der Waals surface area contributed by atoms with Crippen LogP contribution in [0.5, 0.6) is 0 Å². The summed E-state index contributed by atoms with van der Waals surface area (Å²) in [7, 11) is 0. The van der Waals surface area contributed by atoms with Gasteiger partial charge in [-0.05, 0) is 18.8 Å². The molecule has 0 radical (unpaired) electrons. The predicted molar refractivity (Wildman–Crippen MR) is 66.0 cm³/mol. The number of aliphatic hydroxyl groups is 1. The van der Waals surface area contributed by atoms with Crippen LogP contribution in [0.15, 0.2) is 0 Å². The maximum absolute atomic E-state index is 12.0. The number of carboxylic acids is 2. The van der Waals surface area contributed by atoms with Crippen molar-refractivity contribution in [1.82, 2.24) is 10.2 Å². The lowest BCUT2D eigenvalue weighted by molar-refractivity contribution is -0.145. The molecule has 1 aliphatic heterocycles. The lowest BCUT2D eigenvalue weighted by atomic mass is 10.00. The molecule has 2 aliphatic rings. The van der Waals surface area contributed by atoms with Crippen molar-refractivity contribution in [1.29, 1.82) is 0 Å². The number of urea groups is 1. The number of hydrogen-bond acceptors (Lipinski definition) is 4. The van der Waals surface area contributed by atoms with E-state index in [1.807, 2.05) is 0 Å². The third kappa shape index (κ3) is 3.01. The molecule has 0 aromatic heterocycles. The largest absolute Gasteiger partial charge is 0.481 e. The second-order valence-corrected chi connectivity index (χ2v) is 5.41. The number of likely N-dealkylation sites (tertiary alicyclic amines) is 1. The van der Waals surface area contributed by atoms with Crippen molar-refractivity contribution in [2.24, 2.45) is 11.8 Å². The van der Waals surface area contributed by atoms with Crippen molar-refractivity contribution >= 4 is 18.0 Å². The molecule has 112 valence electrons. The standard InChI is InChI=1S/C12H18N2O6/c15-9-2-1-6-4-14(5-7(6)9)12(20)13-8(11(18)19)3-10(16)17/h6-9,15H,1-5H2,(H,13,20)(H,16,17)(H,18,19)/t6?,7?,8-,9?/m1/s1. The minimum absolute atomic E-state index is 0.0449. The molecule has 2 amide bonds. The third-order valence-corrected chi connectivity index (χ3v) is 4.08. The predicted octanol–water partition coefficient (Wildman–Crippen LogP) is -0.673. The van der Waals surface area contributed by atoms with Gasteiger partial charge >= 0.3 is 18.0 Å². The average Bonchev–Trinajstić information content (AvgIpc) is 2.90. The molecule has 8 nitrogen and oxygen atoms in total. The zero-order valence-corrected chi connectivity index (χ0v) is 10.9. The van der Waals surface area contributed by atoms with Gasteiger partial charge in [-0.15, -0.1) is 0 Å². The Morgan fingerprint density at radius 3 is 2.45 bits per heavy atom. The molecule has 1 aliphatic carbocycles. The molecule has 0 aromatic carbocycles. The van der Waals surface area contributed by atoms with Crippen LogP contribution in [0.2, 0.25) is 0 Å². The molecule has 0 bridgehead atoms. The van der Waals surface area contributed by atoms with Crippen molar-refractivity contribution in [3.8, 4) is 0 Å². The van der Waals surface area contributed by atoms with E-state index in [1.54, 1.807) is 0 Å². The van der Waals surface area contributed by atoms with Crippen LogP contribution in [0.4, 0.5) is 4.79 Å². The molecule has 0 spiro atoms. The van der Waals surface area contributed by atoms with Gasteiger partial charge in [0.05, 0.1) is 12.5 Å². The number of nitrogens with zero attached hydrogens (tertiary/aromatic N) is 1. The SMILES string of the molecule is O=C(O)C[C@@H](NC(=O)N1CC2CCC(O)C2C1)C(=O)O. The fourth-order valence-corrected chi connectivity index (χ4v) is 3.02. The van der Waals surface area contributed by atoms with E-state index in [1.165, 1.54) is 4.90 Å². The first-order valence-corrected chi connectivity index (χ1v) is 6.56. The summed E-state index contributed by atoms with van der Waals surface area (Å²) in [6.07, 6.45) is 0.520. The van der Waals surface area contributed by atoms with Crippen molar-refractivity contribution in [3.05, 3.63) is 0 Å². The Bertz CT molecular complexity index is 426. The summed E-state index contributed by atoms with van der Waals surface area (Å²) >= 11 is 0. The lowest BCUT2D eigenvalue weighted by Gasteiger charge is -2.21. The number of nitrogens with one attached hydrogen (secondary N) is 1. The van der Waals surface area contributed by atoms with Crippen LogP contribution in [0, 0.1) is 11.8 Å². The van der Waals surface area contributed by atoms with Gasteiger partial charge in [0.2, 0.25) is 0 Å². The van der Waals surface area contributed by atoms with Crippen molar-refractivity contribution < 1.29 is 29.7 Å². The molecule has 0 aromatic rings. The molecule has 2 rings (SSSR count). The number of hydrogen-bond donors (Lipinski definition) is 4. The molecular formula is C12H18N2O6. The van der Waals surface area contributed by atoms with Crippen LogP contribution in [-0.2, 0) is 9.59 Å². The van der Waals surface area contributed by atoms with E-state index in [2.05, 4.69) is 5.32 Å². The number of carboxylic acid groups (broad SMARTS) is 2. The minimum Gasteiger partial charge on any atom is -0.481 e. The molecule has 1 heterocycles. The van der Waals surface area contributed by atoms with E-state index in [4.69, 9.17) is 10.2 Å². The fourth-order valence-electron chi connectivity index (χ4n) is 3.02. The molecule has 20 heavy (non-hydrogen) atoms. The van der Waals surface area contributed by atoms with Crippen LogP contribution in [0.3, 0.4) is 0 Å². The number of amides is 2. The zero-order valence-electron chi connectivity index (χ0n) is 10.9. The highest BCUT2D eigenvalue weighted by atomic mass is 16.4. The second-order valence-electron chi connectivity index (χ2n) is 5.41. The highest BCUT2D eigenvalue weighted by Gasteiger charge is 2.43. The van der Waals surface area contributed by atoms with Gasteiger partial charge in [0.15, 0.2) is 0 Å². The number of carbonyl (C=O) groups is 3. The maximum Gasteiger partial charge on any atom is 0.326 e. The first kappa shape index (κ1) is 14.6. The Morgan fingerprint density at radius 1 is 1.20 bits per heavy atom. The Kier molecular flexibility index (Phi) is 4.12. The van der Waals surface area contributed by atoms with Gasteiger partial charge in [0.1, 0.15) is 6.04 Å². The molecule has 1 saturated heterocycles. The number of carbonyl (C=O) groups excluding carboxylic acids is 1. The summed E-state index contributed by atoms with van der Waals surface area (Å²) in [6.45, 7) is 0.865. The van der Waals surface area contributed by atoms with E-state index < -0.39 is 36.5 Å².